The summed E-state index contributed by atoms with van der Waals surface area (Å²) in [6.07, 6.45) is 0.551. The molecule has 0 radical (unpaired) electrons. The first kappa shape index (κ1) is 18.4. The van der Waals surface area contributed by atoms with Gasteiger partial charge in [-0.25, -0.2) is 14.2 Å². The lowest BCUT2D eigenvalue weighted by Gasteiger charge is -2.22. The highest BCUT2D eigenvalue weighted by Crippen LogP contribution is 2.33. The summed E-state index contributed by atoms with van der Waals surface area (Å²) in [4.78, 5) is 12.9. The maximum atomic E-state index is 13.4. The van der Waals surface area contributed by atoms with E-state index in [4.69, 9.17) is 0 Å². The van der Waals surface area contributed by atoms with Crippen LogP contribution in [0.2, 0.25) is 0 Å². The van der Waals surface area contributed by atoms with E-state index >= 15 is 0 Å². The number of carbonyl (C=O) groups excluding carboxylic acids is 1. The van der Waals surface area contributed by atoms with Crippen LogP contribution in [0.1, 0.15) is 23.6 Å². The number of carbonyl (C=O) groups is 1. The Morgan fingerprint density at radius 2 is 1.68 bits per heavy atom. The molecule has 1 atom stereocenters. The number of halogens is 2. The summed E-state index contributed by atoms with van der Waals surface area (Å²) in [6, 6.07) is 22.6. The van der Waals surface area contributed by atoms with Crippen molar-refractivity contribution in [2.45, 2.75) is 12.5 Å². The Balaban J connectivity index is 1.65. The summed E-state index contributed by atoms with van der Waals surface area (Å²) < 4.78 is 14.3. The number of benzene rings is 3. The van der Waals surface area contributed by atoms with E-state index in [1.165, 1.54) is 17.1 Å². The Kier molecular flexibility index (Phi) is 5.21. The predicted molar refractivity (Wildman–Crippen MR) is 112 cm³/mol. The largest absolute Gasteiger partial charge is 0.342 e. The number of rotatable bonds is 3. The molecule has 28 heavy (non-hydrogen) atoms. The van der Waals surface area contributed by atoms with Crippen molar-refractivity contribution < 1.29 is 9.18 Å². The van der Waals surface area contributed by atoms with Gasteiger partial charge in [0.05, 0.1) is 11.8 Å². The molecule has 1 heterocycles. The van der Waals surface area contributed by atoms with Crippen molar-refractivity contribution >= 4 is 33.4 Å². The molecule has 4 nitrogen and oxygen atoms in total. The van der Waals surface area contributed by atoms with Gasteiger partial charge < -0.3 is 5.32 Å². The van der Waals surface area contributed by atoms with Crippen LogP contribution in [0.25, 0.3) is 0 Å². The summed E-state index contributed by atoms with van der Waals surface area (Å²) in [6.45, 7) is 0. The van der Waals surface area contributed by atoms with Crippen LogP contribution in [-0.4, -0.2) is 16.8 Å². The number of hydrazone groups is 1. The number of urea groups is 1. The number of hydrogen-bond donors (Lipinski definition) is 1. The van der Waals surface area contributed by atoms with E-state index in [1.54, 1.807) is 12.1 Å². The number of nitrogens with zero attached hydrogens (tertiary/aromatic N) is 2. The van der Waals surface area contributed by atoms with E-state index in [0.29, 0.717) is 12.1 Å². The molecule has 1 aliphatic rings. The van der Waals surface area contributed by atoms with Crippen LogP contribution >= 0.6 is 15.9 Å². The van der Waals surface area contributed by atoms with Gasteiger partial charge in [-0.15, -0.1) is 0 Å². The Morgan fingerprint density at radius 1 is 1.00 bits per heavy atom. The molecule has 0 spiro atoms. The van der Waals surface area contributed by atoms with Gasteiger partial charge in [-0.3, -0.25) is 0 Å². The van der Waals surface area contributed by atoms with Crippen molar-refractivity contribution in [1.82, 2.24) is 5.01 Å². The number of hydrogen-bond acceptors (Lipinski definition) is 2. The van der Waals surface area contributed by atoms with Gasteiger partial charge in [0.2, 0.25) is 0 Å². The van der Waals surface area contributed by atoms with Crippen LogP contribution in [0.4, 0.5) is 14.9 Å². The van der Waals surface area contributed by atoms with Crippen molar-refractivity contribution in [2.24, 2.45) is 5.10 Å². The maximum absolute atomic E-state index is 13.4. The lowest BCUT2D eigenvalue weighted by atomic mass is 9.98. The topological polar surface area (TPSA) is 44.7 Å². The predicted octanol–water partition coefficient (Wildman–Crippen LogP) is 5.97. The fourth-order valence-corrected chi connectivity index (χ4v) is 3.43. The SMILES string of the molecule is O=C(Nc1ccccc1)N1N=C(c2ccc(Br)cc2)C[C@H]1c1ccc(F)cc1. The van der Waals surface area contributed by atoms with Crippen LogP contribution in [-0.2, 0) is 0 Å². The smallest absolute Gasteiger partial charge is 0.306 e. The van der Waals surface area contributed by atoms with Crippen molar-refractivity contribution in [1.29, 1.82) is 0 Å². The molecule has 3 aromatic rings. The minimum atomic E-state index is -0.326. The molecule has 0 saturated heterocycles. The number of anilines is 1. The molecule has 0 fully saturated rings. The standard InChI is InChI=1S/C22H17BrFN3O/c23-17-10-6-15(7-11-17)20-14-21(16-8-12-18(24)13-9-16)27(26-20)22(28)25-19-4-2-1-3-5-19/h1-13,21H,14H2,(H,25,28)/t21-/m0/s1. The molecule has 2 amide bonds. The average molecular weight is 438 g/mol. The van der Waals surface area contributed by atoms with Gasteiger partial charge in [0, 0.05) is 16.6 Å². The van der Waals surface area contributed by atoms with E-state index in [0.717, 1.165) is 21.3 Å². The molecule has 4 rings (SSSR count). The highest BCUT2D eigenvalue weighted by atomic mass is 79.9. The van der Waals surface area contributed by atoms with Gasteiger partial charge in [0.15, 0.2) is 0 Å². The van der Waals surface area contributed by atoms with Crippen molar-refractivity contribution in [3.8, 4) is 0 Å². The van der Waals surface area contributed by atoms with E-state index in [-0.39, 0.29) is 17.9 Å². The van der Waals surface area contributed by atoms with Crippen LogP contribution in [0.5, 0.6) is 0 Å². The third-order valence-corrected chi connectivity index (χ3v) is 5.10. The van der Waals surface area contributed by atoms with Crippen molar-refractivity contribution in [3.05, 3.63) is 100 Å². The monoisotopic (exact) mass is 437 g/mol. The average Bonchev–Trinajstić information content (AvgIpc) is 3.15. The van der Waals surface area contributed by atoms with Crippen LogP contribution < -0.4 is 5.32 Å². The molecule has 3 aromatic carbocycles. The third kappa shape index (κ3) is 3.97. The molecule has 0 bridgehead atoms. The summed E-state index contributed by atoms with van der Waals surface area (Å²) in [5.41, 5.74) is 3.29. The van der Waals surface area contributed by atoms with Gasteiger partial charge in [0.1, 0.15) is 5.82 Å². The van der Waals surface area contributed by atoms with Gasteiger partial charge in [-0.2, -0.15) is 5.10 Å². The molecule has 140 valence electrons. The van der Waals surface area contributed by atoms with Crippen molar-refractivity contribution in [2.75, 3.05) is 5.32 Å². The fraction of sp³-hybridized carbons (Fsp3) is 0.0909. The maximum Gasteiger partial charge on any atom is 0.342 e. The highest BCUT2D eigenvalue weighted by Gasteiger charge is 2.33. The Labute approximate surface area is 170 Å². The van der Waals surface area contributed by atoms with Gasteiger partial charge >= 0.3 is 6.03 Å². The lowest BCUT2D eigenvalue weighted by molar-refractivity contribution is 0.200. The summed E-state index contributed by atoms with van der Waals surface area (Å²) in [7, 11) is 0. The molecule has 0 aliphatic carbocycles. The fourth-order valence-electron chi connectivity index (χ4n) is 3.16. The van der Waals surface area contributed by atoms with E-state index in [2.05, 4.69) is 26.3 Å². The summed E-state index contributed by atoms with van der Waals surface area (Å²) >= 11 is 3.43. The number of nitrogens with one attached hydrogen (secondary N) is 1. The van der Waals surface area contributed by atoms with E-state index in [9.17, 15) is 9.18 Å². The zero-order valence-electron chi connectivity index (χ0n) is 14.8. The zero-order chi connectivity index (χ0) is 19.5. The molecule has 1 N–H and O–H groups in total. The quantitative estimate of drug-likeness (QED) is 0.538. The highest BCUT2D eigenvalue weighted by molar-refractivity contribution is 9.10. The molecule has 6 heteroatoms. The zero-order valence-corrected chi connectivity index (χ0v) is 16.4. The molecular formula is C22H17BrFN3O. The first-order chi connectivity index (χ1) is 13.6. The third-order valence-electron chi connectivity index (χ3n) is 4.58. The van der Waals surface area contributed by atoms with Crippen LogP contribution in [0.3, 0.4) is 0 Å². The van der Waals surface area contributed by atoms with Crippen LogP contribution in [0, 0.1) is 5.82 Å². The van der Waals surface area contributed by atoms with Gasteiger partial charge in [-0.05, 0) is 47.5 Å². The molecule has 0 unspecified atom stereocenters. The summed E-state index contributed by atoms with van der Waals surface area (Å²) in [5, 5.41) is 8.91. The second-order valence-corrected chi connectivity index (χ2v) is 7.38. The number of amides is 2. The Morgan fingerprint density at radius 3 is 2.36 bits per heavy atom. The number of para-hydroxylation sites is 1. The Bertz CT molecular complexity index is 1000. The van der Waals surface area contributed by atoms with Gasteiger partial charge in [-0.1, -0.05) is 58.4 Å². The second-order valence-electron chi connectivity index (χ2n) is 6.47. The van der Waals surface area contributed by atoms with Crippen LogP contribution in [0.15, 0.2) is 88.4 Å². The van der Waals surface area contributed by atoms with Crippen molar-refractivity contribution in [3.63, 3.8) is 0 Å². The molecule has 0 aromatic heterocycles. The normalized spacial score (nSPS) is 16.0. The van der Waals surface area contributed by atoms with Gasteiger partial charge in [0.25, 0.3) is 0 Å². The molecular weight excluding hydrogens is 421 g/mol. The first-order valence-corrected chi connectivity index (χ1v) is 9.63. The molecule has 1 aliphatic heterocycles. The van der Waals surface area contributed by atoms with E-state index in [1.807, 2.05) is 54.6 Å². The summed E-state index contributed by atoms with van der Waals surface area (Å²) in [5.74, 6) is -0.309. The Hall–Kier alpha value is -2.99. The minimum Gasteiger partial charge on any atom is -0.306 e. The van der Waals surface area contributed by atoms with E-state index < -0.39 is 0 Å². The minimum absolute atomic E-state index is 0.303. The second kappa shape index (κ2) is 7.94. The molecule has 0 saturated carbocycles. The first-order valence-electron chi connectivity index (χ1n) is 8.84. The lowest BCUT2D eigenvalue weighted by Crippen LogP contribution is -2.31.